The van der Waals surface area contributed by atoms with E-state index in [1.807, 2.05) is 0 Å². The fourth-order valence-corrected chi connectivity index (χ4v) is 1.05. The second-order valence-electron chi connectivity index (χ2n) is 2.65. The highest BCUT2D eigenvalue weighted by molar-refractivity contribution is 6.18. The fourth-order valence-electron chi connectivity index (χ4n) is 1.05. The maximum absolute atomic E-state index is 11.3. The highest BCUT2D eigenvalue weighted by Gasteiger charge is 2.32. The predicted octanol–water partition coefficient (Wildman–Crippen LogP) is 0.325. The molecule has 0 aromatic heterocycles. The van der Waals surface area contributed by atoms with Crippen LogP contribution in [0.2, 0.25) is 0 Å². The molecule has 0 aliphatic carbocycles. The maximum Gasteiger partial charge on any atom is 0.257 e. The molecule has 0 aromatic rings. The molecule has 0 bridgehead atoms. The Morgan fingerprint density at radius 2 is 1.67 bits per heavy atom. The van der Waals surface area contributed by atoms with Gasteiger partial charge in [0.15, 0.2) is 0 Å². The number of hydrogen-bond acceptors (Lipinski definition) is 2. The van der Waals surface area contributed by atoms with Crippen LogP contribution in [0.1, 0.15) is 13.8 Å². The zero-order valence-electron chi connectivity index (χ0n) is 7.05. The summed E-state index contributed by atoms with van der Waals surface area (Å²) in [6, 6.07) is 0. The molecule has 0 aromatic carbocycles. The molecule has 2 amide bonds. The van der Waals surface area contributed by atoms with Crippen molar-refractivity contribution < 1.29 is 9.59 Å². The van der Waals surface area contributed by atoms with Gasteiger partial charge in [0.05, 0.1) is 6.54 Å². The van der Waals surface area contributed by atoms with Crippen LogP contribution in [0.3, 0.4) is 0 Å². The summed E-state index contributed by atoms with van der Waals surface area (Å²) in [4.78, 5) is 23.6. The second-order valence-corrected chi connectivity index (χ2v) is 2.65. The molecular weight excluding hydrogens is 154 g/mol. The summed E-state index contributed by atoms with van der Waals surface area (Å²) < 4.78 is 0. The van der Waals surface area contributed by atoms with Crippen molar-refractivity contribution in [1.82, 2.24) is 4.90 Å². The number of hydrogen-bond donors (Lipinski definition) is 0. The highest BCUT2D eigenvalue weighted by atomic mass is 16.2. The monoisotopic (exact) mass is 163 g/mol. The normalized spacial score (nSPS) is 17.2. The summed E-state index contributed by atoms with van der Waals surface area (Å²) in [6.45, 7) is 3.32. The van der Waals surface area contributed by atoms with E-state index in [2.05, 4.69) is 5.92 Å². The number of nitrogens with zero attached hydrogens (tertiary/aromatic N) is 1. The fraction of sp³-hybridized carbons (Fsp3) is 0.333. The molecule has 0 N–H and O–H groups in total. The lowest BCUT2D eigenvalue weighted by Gasteiger charge is -2.09. The molecule has 3 nitrogen and oxygen atoms in total. The first-order valence-electron chi connectivity index (χ1n) is 3.56. The molecule has 0 atom stereocenters. The molecule has 3 heteroatoms. The smallest absolute Gasteiger partial charge is 0.257 e. The third kappa shape index (κ3) is 1.02. The SMILES string of the molecule is C#CCN1C(=O)C(C)=C(C)C1=O. The zero-order valence-corrected chi connectivity index (χ0v) is 7.05. The van der Waals surface area contributed by atoms with Crippen LogP contribution < -0.4 is 0 Å². The predicted molar refractivity (Wildman–Crippen MR) is 43.9 cm³/mol. The summed E-state index contributed by atoms with van der Waals surface area (Å²) in [5.74, 6) is 1.73. The summed E-state index contributed by atoms with van der Waals surface area (Å²) in [7, 11) is 0. The van der Waals surface area contributed by atoms with E-state index < -0.39 is 0 Å². The topological polar surface area (TPSA) is 37.4 Å². The molecule has 1 rings (SSSR count). The summed E-state index contributed by atoms with van der Waals surface area (Å²) in [5, 5.41) is 0. The Balaban J connectivity index is 2.97. The average molecular weight is 163 g/mol. The van der Waals surface area contributed by atoms with E-state index in [0.717, 1.165) is 4.90 Å². The van der Waals surface area contributed by atoms with Crippen LogP contribution in [0.25, 0.3) is 0 Å². The van der Waals surface area contributed by atoms with Gasteiger partial charge in [-0.25, -0.2) is 0 Å². The van der Waals surface area contributed by atoms with Crippen LogP contribution in [0.15, 0.2) is 11.1 Å². The first kappa shape index (κ1) is 8.54. The van der Waals surface area contributed by atoms with Crippen molar-refractivity contribution in [3.63, 3.8) is 0 Å². The lowest BCUT2D eigenvalue weighted by molar-refractivity contribution is -0.136. The third-order valence-corrected chi connectivity index (χ3v) is 1.94. The van der Waals surface area contributed by atoms with Gasteiger partial charge in [-0.05, 0) is 13.8 Å². The van der Waals surface area contributed by atoms with Gasteiger partial charge < -0.3 is 0 Å². The van der Waals surface area contributed by atoms with Crippen LogP contribution in [0.5, 0.6) is 0 Å². The molecule has 62 valence electrons. The van der Waals surface area contributed by atoms with E-state index in [1.165, 1.54) is 0 Å². The van der Waals surface area contributed by atoms with Gasteiger partial charge in [-0.3, -0.25) is 14.5 Å². The minimum atomic E-state index is -0.268. The first-order valence-corrected chi connectivity index (χ1v) is 3.56. The molecular formula is C9H9NO2. The van der Waals surface area contributed by atoms with Crippen molar-refractivity contribution in [2.24, 2.45) is 0 Å². The second kappa shape index (κ2) is 2.82. The van der Waals surface area contributed by atoms with Crippen LogP contribution in [-0.4, -0.2) is 23.3 Å². The Morgan fingerprint density at radius 3 is 2.00 bits per heavy atom. The quantitative estimate of drug-likeness (QED) is 0.412. The zero-order chi connectivity index (χ0) is 9.30. The third-order valence-electron chi connectivity index (χ3n) is 1.94. The number of rotatable bonds is 1. The van der Waals surface area contributed by atoms with Crippen LogP contribution in [-0.2, 0) is 9.59 Å². The van der Waals surface area contributed by atoms with E-state index in [1.54, 1.807) is 13.8 Å². The summed E-state index contributed by atoms with van der Waals surface area (Å²) >= 11 is 0. The molecule has 0 saturated carbocycles. The summed E-state index contributed by atoms with van der Waals surface area (Å²) in [6.07, 6.45) is 5.01. The van der Waals surface area contributed by atoms with Crippen molar-refractivity contribution in [3.05, 3.63) is 11.1 Å². The van der Waals surface area contributed by atoms with Gasteiger partial charge in [0.2, 0.25) is 0 Å². The van der Waals surface area contributed by atoms with Crippen molar-refractivity contribution in [1.29, 1.82) is 0 Å². The lowest BCUT2D eigenvalue weighted by Crippen LogP contribution is -2.31. The average Bonchev–Trinajstić information content (AvgIpc) is 2.23. The van der Waals surface area contributed by atoms with Gasteiger partial charge in [0, 0.05) is 11.1 Å². The molecule has 0 radical (unpaired) electrons. The molecule has 12 heavy (non-hydrogen) atoms. The van der Waals surface area contributed by atoms with Crippen molar-refractivity contribution in [2.75, 3.05) is 6.54 Å². The Morgan fingerprint density at radius 1 is 1.25 bits per heavy atom. The van der Waals surface area contributed by atoms with E-state index in [9.17, 15) is 9.59 Å². The minimum absolute atomic E-state index is 0.0619. The summed E-state index contributed by atoms with van der Waals surface area (Å²) in [5.41, 5.74) is 0.991. The van der Waals surface area contributed by atoms with Gasteiger partial charge in [-0.2, -0.15) is 0 Å². The lowest BCUT2D eigenvalue weighted by atomic mass is 10.2. The molecule has 1 aliphatic rings. The van der Waals surface area contributed by atoms with Gasteiger partial charge in [-0.1, -0.05) is 5.92 Å². The van der Waals surface area contributed by atoms with E-state index in [4.69, 9.17) is 6.42 Å². The number of carbonyl (C=O) groups excluding carboxylic acids is 2. The highest BCUT2D eigenvalue weighted by Crippen LogP contribution is 2.18. The largest absolute Gasteiger partial charge is 0.269 e. The van der Waals surface area contributed by atoms with E-state index >= 15 is 0 Å². The van der Waals surface area contributed by atoms with Gasteiger partial charge in [0.25, 0.3) is 11.8 Å². The molecule has 1 heterocycles. The van der Waals surface area contributed by atoms with Crippen LogP contribution in [0.4, 0.5) is 0 Å². The Labute approximate surface area is 71.0 Å². The number of amides is 2. The van der Waals surface area contributed by atoms with E-state index in [-0.39, 0.29) is 18.4 Å². The number of terminal acetylenes is 1. The number of imide groups is 1. The first-order chi connectivity index (χ1) is 5.59. The number of carbonyl (C=O) groups is 2. The van der Waals surface area contributed by atoms with Gasteiger partial charge >= 0.3 is 0 Å². The van der Waals surface area contributed by atoms with Crippen LogP contribution in [0, 0.1) is 12.3 Å². The Bertz CT molecular complexity index is 296. The Kier molecular flexibility index (Phi) is 2.01. The molecule has 0 fully saturated rings. The van der Waals surface area contributed by atoms with Crippen molar-refractivity contribution >= 4 is 11.8 Å². The molecule has 0 saturated heterocycles. The van der Waals surface area contributed by atoms with E-state index in [0.29, 0.717) is 11.1 Å². The van der Waals surface area contributed by atoms with Gasteiger partial charge in [0.1, 0.15) is 0 Å². The van der Waals surface area contributed by atoms with Gasteiger partial charge in [-0.15, -0.1) is 6.42 Å². The molecule has 1 aliphatic heterocycles. The Hall–Kier alpha value is -1.56. The van der Waals surface area contributed by atoms with Crippen LogP contribution >= 0.6 is 0 Å². The van der Waals surface area contributed by atoms with Crippen molar-refractivity contribution in [3.8, 4) is 12.3 Å². The molecule has 0 spiro atoms. The minimum Gasteiger partial charge on any atom is -0.269 e. The standard InChI is InChI=1S/C9H9NO2/c1-4-5-10-8(11)6(2)7(3)9(10)12/h1H,5H2,2-3H3. The van der Waals surface area contributed by atoms with Crippen molar-refractivity contribution in [2.45, 2.75) is 13.8 Å². The molecule has 0 unspecified atom stereocenters. The maximum atomic E-state index is 11.3.